The number of methoxy groups -OCH3 is 1. The second kappa shape index (κ2) is 5.79. The largest absolute Gasteiger partial charge is 0.481 e. The van der Waals surface area contributed by atoms with Gasteiger partial charge < -0.3 is 10.1 Å². The maximum Gasteiger partial charge on any atom is 0.213 e. The fourth-order valence-corrected chi connectivity index (χ4v) is 2.24. The second-order valence-corrected chi connectivity index (χ2v) is 4.85. The van der Waals surface area contributed by atoms with Gasteiger partial charge in [0.25, 0.3) is 0 Å². The molecule has 0 saturated carbocycles. The molecule has 0 spiro atoms. The first-order valence-electron chi connectivity index (χ1n) is 6.86. The maximum atomic E-state index is 5.14. The molecular formula is C17H17N3O. The van der Waals surface area contributed by atoms with Gasteiger partial charge in [-0.05, 0) is 25.1 Å². The summed E-state index contributed by atoms with van der Waals surface area (Å²) in [6.07, 6.45) is 0. The van der Waals surface area contributed by atoms with E-state index in [2.05, 4.69) is 27.4 Å². The molecule has 0 aliphatic rings. The maximum absolute atomic E-state index is 5.14. The molecule has 0 fully saturated rings. The van der Waals surface area contributed by atoms with Crippen molar-refractivity contribution in [3.63, 3.8) is 0 Å². The molecular weight excluding hydrogens is 262 g/mol. The zero-order valence-electron chi connectivity index (χ0n) is 12.1. The molecule has 0 aliphatic heterocycles. The van der Waals surface area contributed by atoms with Crippen LogP contribution >= 0.6 is 0 Å². The van der Waals surface area contributed by atoms with Crippen LogP contribution in [0.4, 0.5) is 5.69 Å². The van der Waals surface area contributed by atoms with Gasteiger partial charge in [-0.25, -0.2) is 4.98 Å². The summed E-state index contributed by atoms with van der Waals surface area (Å²) in [6, 6.07) is 16.0. The van der Waals surface area contributed by atoms with E-state index in [0.29, 0.717) is 12.4 Å². The van der Waals surface area contributed by atoms with Crippen LogP contribution in [0, 0.1) is 6.92 Å². The summed E-state index contributed by atoms with van der Waals surface area (Å²) in [5.74, 6) is 0.626. The topological polar surface area (TPSA) is 47.0 Å². The summed E-state index contributed by atoms with van der Waals surface area (Å²) in [5.41, 5.74) is 3.94. The fraction of sp³-hybridized carbons (Fsp3) is 0.176. The highest BCUT2D eigenvalue weighted by atomic mass is 16.5. The third kappa shape index (κ3) is 2.94. The zero-order valence-corrected chi connectivity index (χ0v) is 12.1. The Hall–Kier alpha value is -2.62. The summed E-state index contributed by atoms with van der Waals surface area (Å²) in [5, 5.41) is 4.53. The van der Waals surface area contributed by atoms with Gasteiger partial charge >= 0.3 is 0 Å². The molecule has 0 aliphatic carbocycles. The average molecular weight is 279 g/mol. The van der Waals surface area contributed by atoms with Gasteiger partial charge in [-0.15, -0.1) is 0 Å². The molecule has 2 aromatic heterocycles. The number of aryl methyl sites for hydroxylation is 1. The number of anilines is 1. The number of para-hydroxylation sites is 1. The monoisotopic (exact) mass is 279 g/mol. The van der Waals surface area contributed by atoms with Gasteiger partial charge in [-0.1, -0.05) is 24.3 Å². The van der Waals surface area contributed by atoms with E-state index < -0.39 is 0 Å². The van der Waals surface area contributed by atoms with Crippen LogP contribution in [0.25, 0.3) is 10.9 Å². The van der Waals surface area contributed by atoms with E-state index in [1.165, 1.54) is 0 Å². The minimum Gasteiger partial charge on any atom is -0.481 e. The number of fused-ring (bicyclic) bond motifs is 1. The SMILES string of the molecule is COc1cccc(CNc2cccc3ccc(C)nc23)n1. The third-order valence-electron chi connectivity index (χ3n) is 3.31. The minimum absolute atomic E-state index is 0.626. The smallest absolute Gasteiger partial charge is 0.213 e. The molecule has 0 atom stereocenters. The van der Waals surface area contributed by atoms with E-state index in [1.54, 1.807) is 7.11 Å². The molecule has 2 heterocycles. The molecule has 1 N–H and O–H groups in total. The Labute approximate surface area is 123 Å². The normalized spacial score (nSPS) is 10.6. The van der Waals surface area contributed by atoms with Gasteiger partial charge in [0.2, 0.25) is 5.88 Å². The first-order chi connectivity index (χ1) is 10.3. The predicted octanol–water partition coefficient (Wildman–Crippen LogP) is 3.56. The van der Waals surface area contributed by atoms with Gasteiger partial charge in [-0.2, -0.15) is 0 Å². The number of ether oxygens (including phenoxy) is 1. The Kier molecular flexibility index (Phi) is 3.69. The second-order valence-electron chi connectivity index (χ2n) is 4.85. The molecule has 4 nitrogen and oxygen atoms in total. The van der Waals surface area contributed by atoms with Crippen LogP contribution in [-0.2, 0) is 6.54 Å². The zero-order chi connectivity index (χ0) is 14.7. The Morgan fingerprint density at radius 1 is 1.00 bits per heavy atom. The molecule has 0 radical (unpaired) electrons. The molecule has 0 unspecified atom stereocenters. The number of hydrogen-bond donors (Lipinski definition) is 1. The Morgan fingerprint density at radius 2 is 1.86 bits per heavy atom. The molecule has 1 aromatic carbocycles. The Morgan fingerprint density at radius 3 is 2.71 bits per heavy atom. The van der Waals surface area contributed by atoms with Gasteiger partial charge in [0.15, 0.2) is 0 Å². The Bertz CT molecular complexity index is 771. The number of hydrogen-bond acceptors (Lipinski definition) is 4. The van der Waals surface area contributed by atoms with Crippen LogP contribution in [0.1, 0.15) is 11.4 Å². The minimum atomic E-state index is 0.626. The molecule has 0 amide bonds. The lowest BCUT2D eigenvalue weighted by molar-refractivity contribution is 0.396. The molecule has 4 heteroatoms. The van der Waals surface area contributed by atoms with Crippen molar-refractivity contribution in [1.82, 2.24) is 9.97 Å². The lowest BCUT2D eigenvalue weighted by atomic mass is 10.1. The lowest BCUT2D eigenvalue weighted by Crippen LogP contribution is -2.03. The van der Waals surface area contributed by atoms with Crippen molar-refractivity contribution in [2.75, 3.05) is 12.4 Å². The highest BCUT2D eigenvalue weighted by molar-refractivity contribution is 5.90. The Balaban J connectivity index is 1.86. The standard InChI is InChI=1S/C17H17N3O/c1-12-9-10-13-5-3-7-15(17(13)19-12)18-11-14-6-4-8-16(20-14)21-2/h3-10,18H,11H2,1-2H3. The molecule has 0 bridgehead atoms. The van der Waals surface area contributed by atoms with Crippen LogP contribution in [0.5, 0.6) is 5.88 Å². The van der Waals surface area contributed by atoms with E-state index >= 15 is 0 Å². The quantitative estimate of drug-likeness (QED) is 0.793. The van der Waals surface area contributed by atoms with Crippen LogP contribution in [-0.4, -0.2) is 17.1 Å². The highest BCUT2D eigenvalue weighted by Crippen LogP contribution is 2.22. The third-order valence-corrected chi connectivity index (χ3v) is 3.31. The van der Waals surface area contributed by atoms with Crippen molar-refractivity contribution in [3.05, 3.63) is 59.9 Å². The first kappa shape index (κ1) is 13.4. The number of rotatable bonds is 4. The van der Waals surface area contributed by atoms with Gasteiger partial charge in [-0.3, -0.25) is 4.98 Å². The fourth-order valence-electron chi connectivity index (χ4n) is 2.24. The number of benzene rings is 1. The van der Waals surface area contributed by atoms with Crippen molar-refractivity contribution >= 4 is 16.6 Å². The number of pyridine rings is 2. The molecule has 21 heavy (non-hydrogen) atoms. The molecule has 0 saturated heterocycles. The molecule has 3 aromatic rings. The first-order valence-corrected chi connectivity index (χ1v) is 6.86. The summed E-state index contributed by atoms with van der Waals surface area (Å²) < 4.78 is 5.14. The number of nitrogens with zero attached hydrogens (tertiary/aromatic N) is 2. The van der Waals surface area contributed by atoms with Crippen LogP contribution in [0.15, 0.2) is 48.5 Å². The van der Waals surface area contributed by atoms with Crippen molar-refractivity contribution in [2.24, 2.45) is 0 Å². The van der Waals surface area contributed by atoms with Gasteiger partial charge in [0, 0.05) is 17.1 Å². The van der Waals surface area contributed by atoms with E-state index in [0.717, 1.165) is 28.0 Å². The molecule has 3 rings (SSSR count). The van der Waals surface area contributed by atoms with Crippen LogP contribution < -0.4 is 10.1 Å². The predicted molar refractivity (Wildman–Crippen MR) is 84.6 cm³/mol. The van der Waals surface area contributed by atoms with E-state index in [9.17, 15) is 0 Å². The summed E-state index contributed by atoms with van der Waals surface area (Å²) >= 11 is 0. The highest BCUT2D eigenvalue weighted by Gasteiger charge is 2.03. The summed E-state index contributed by atoms with van der Waals surface area (Å²) in [4.78, 5) is 9.01. The lowest BCUT2D eigenvalue weighted by Gasteiger charge is -2.10. The van der Waals surface area contributed by atoms with Gasteiger partial charge in [0.05, 0.1) is 30.6 Å². The average Bonchev–Trinajstić information content (AvgIpc) is 2.53. The van der Waals surface area contributed by atoms with Crippen LogP contribution in [0.2, 0.25) is 0 Å². The van der Waals surface area contributed by atoms with Crippen molar-refractivity contribution in [3.8, 4) is 5.88 Å². The van der Waals surface area contributed by atoms with E-state index in [1.807, 2.05) is 43.3 Å². The van der Waals surface area contributed by atoms with E-state index in [4.69, 9.17) is 4.74 Å². The van der Waals surface area contributed by atoms with Crippen molar-refractivity contribution < 1.29 is 4.74 Å². The number of nitrogens with one attached hydrogen (secondary N) is 1. The summed E-state index contributed by atoms with van der Waals surface area (Å²) in [7, 11) is 1.62. The molecule has 106 valence electrons. The number of aromatic nitrogens is 2. The van der Waals surface area contributed by atoms with E-state index in [-0.39, 0.29) is 0 Å². The van der Waals surface area contributed by atoms with Crippen molar-refractivity contribution in [2.45, 2.75) is 13.5 Å². The van der Waals surface area contributed by atoms with Gasteiger partial charge in [0.1, 0.15) is 0 Å². The van der Waals surface area contributed by atoms with Crippen LogP contribution in [0.3, 0.4) is 0 Å². The van der Waals surface area contributed by atoms with Crippen molar-refractivity contribution in [1.29, 1.82) is 0 Å². The summed E-state index contributed by atoms with van der Waals surface area (Å²) in [6.45, 7) is 2.63.